The lowest BCUT2D eigenvalue weighted by molar-refractivity contribution is -0.901. The highest BCUT2D eigenvalue weighted by atomic mass is 16.5. The quantitative estimate of drug-likeness (QED) is 0.330. The second-order valence-electron chi connectivity index (χ2n) is 8.06. The largest absolute Gasteiger partial charge is 0.396 e. The summed E-state index contributed by atoms with van der Waals surface area (Å²) in [7, 11) is 11.8. The maximum Gasteiger partial charge on any atom is 0.129 e. The topological polar surface area (TPSA) is 90.2 Å². The van der Waals surface area contributed by atoms with Crippen LogP contribution in [0.3, 0.4) is 0 Å². The van der Waals surface area contributed by atoms with E-state index < -0.39 is 12.2 Å². The summed E-state index contributed by atoms with van der Waals surface area (Å²) in [6.07, 6.45) is -0.449. The molecule has 0 rings (SSSR count). The summed E-state index contributed by atoms with van der Waals surface area (Å²) in [6, 6.07) is -0.271. The molecule has 4 N–H and O–H groups in total. The van der Waals surface area contributed by atoms with Crippen LogP contribution in [0.4, 0.5) is 0 Å². The molecule has 23 heavy (non-hydrogen) atoms. The van der Waals surface area contributed by atoms with Crippen molar-refractivity contribution < 1.29 is 34.1 Å². The van der Waals surface area contributed by atoms with Gasteiger partial charge in [-0.2, -0.15) is 0 Å². The average molecular weight is 338 g/mol. The van der Waals surface area contributed by atoms with Crippen molar-refractivity contribution in [3.63, 3.8) is 0 Å². The summed E-state index contributed by atoms with van der Waals surface area (Å²) in [5, 5.41) is 38.9. The zero-order valence-electron chi connectivity index (χ0n) is 15.6. The lowest BCUT2D eigenvalue weighted by Gasteiger charge is -2.38. The van der Waals surface area contributed by atoms with Gasteiger partial charge in [0.2, 0.25) is 0 Å². The van der Waals surface area contributed by atoms with Crippen LogP contribution >= 0.6 is 0 Å². The lowest BCUT2D eigenvalue weighted by Crippen LogP contribution is -2.55. The number of quaternary nitrogens is 2. The van der Waals surface area contributed by atoms with Crippen LogP contribution in [0.5, 0.6) is 0 Å². The molecule has 140 valence electrons. The zero-order chi connectivity index (χ0) is 18.3. The molecule has 0 fully saturated rings. The molecule has 0 aromatic rings. The molecule has 0 aromatic heterocycles. The highest BCUT2D eigenvalue weighted by Gasteiger charge is 2.33. The minimum Gasteiger partial charge on any atom is -0.396 e. The number of aliphatic hydroxyl groups excluding tert-OH is 4. The molecule has 4 unspecified atom stereocenters. The summed E-state index contributed by atoms with van der Waals surface area (Å²) >= 11 is 0. The fourth-order valence-electron chi connectivity index (χ4n) is 2.99. The van der Waals surface area contributed by atoms with Crippen molar-refractivity contribution >= 4 is 0 Å². The standard InChI is InChI=1S/C16H38N2O5/c1-17(2,3)13(7-9-19)15(21)11-23-12-16(22)14(8-10-20)18(4,5)6/h13-16,19-22H,7-12H2,1-6H3/q+2. The third-order valence-corrected chi connectivity index (χ3v) is 4.31. The maximum absolute atomic E-state index is 10.3. The monoisotopic (exact) mass is 338 g/mol. The van der Waals surface area contributed by atoms with E-state index in [1.165, 1.54) is 0 Å². The van der Waals surface area contributed by atoms with Gasteiger partial charge in [0, 0.05) is 26.1 Å². The SMILES string of the molecule is C[N+](C)(C)C(CCO)C(O)COCC(O)C(CCO)[N+](C)(C)C. The number of nitrogens with zero attached hydrogens (tertiary/aromatic N) is 2. The molecule has 0 bridgehead atoms. The van der Waals surface area contributed by atoms with Crippen LogP contribution < -0.4 is 0 Å². The summed E-state index contributed by atoms with van der Waals surface area (Å²) in [4.78, 5) is 0. The van der Waals surface area contributed by atoms with E-state index in [2.05, 4.69) is 0 Å². The number of rotatable bonds is 12. The molecule has 7 heteroatoms. The molecule has 0 saturated heterocycles. The van der Waals surface area contributed by atoms with Crippen LogP contribution in [0.15, 0.2) is 0 Å². The molecule has 0 amide bonds. The number of ether oxygens (including phenoxy) is 1. The Bertz CT molecular complexity index is 285. The molecule has 0 saturated carbocycles. The van der Waals surface area contributed by atoms with Crippen molar-refractivity contribution in [2.75, 3.05) is 68.7 Å². The fourth-order valence-corrected chi connectivity index (χ4v) is 2.99. The van der Waals surface area contributed by atoms with E-state index in [1.54, 1.807) is 0 Å². The molecule has 0 aliphatic carbocycles. The van der Waals surface area contributed by atoms with Crippen molar-refractivity contribution in [3.05, 3.63) is 0 Å². The van der Waals surface area contributed by atoms with E-state index in [0.717, 1.165) is 0 Å². The molecule has 0 radical (unpaired) electrons. The van der Waals surface area contributed by atoms with Gasteiger partial charge in [-0.05, 0) is 0 Å². The molecular weight excluding hydrogens is 300 g/mol. The minimum absolute atomic E-state index is 0.0138. The zero-order valence-corrected chi connectivity index (χ0v) is 15.6. The Balaban J connectivity index is 4.50. The van der Waals surface area contributed by atoms with E-state index >= 15 is 0 Å². The second kappa shape index (κ2) is 9.88. The number of likely N-dealkylation sites (N-methyl/N-ethyl adjacent to an activating group) is 2. The van der Waals surface area contributed by atoms with Gasteiger partial charge in [0.15, 0.2) is 0 Å². The van der Waals surface area contributed by atoms with E-state index in [-0.39, 0.29) is 38.5 Å². The van der Waals surface area contributed by atoms with E-state index in [1.807, 2.05) is 42.3 Å². The first-order valence-corrected chi connectivity index (χ1v) is 8.23. The van der Waals surface area contributed by atoms with Crippen LogP contribution in [0.25, 0.3) is 0 Å². The maximum atomic E-state index is 10.3. The summed E-state index contributed by atoms with van der Waals surface area (Å²) in [5.74, 6) is 0. The Labute approximate surface area is 140 Å². The van der Waals surface area contributed by atoms with Crippen molar-refractivity contribution in [1.82, 2.24) is 0 Å². The van der Waals surface area contributed by atoms with Gasteiger partial charge < -0.3 is 34.1 Å². The van der Waals surface area contributed by atoms with Crippen LogP contribution in [0, 0.1) is 0 Å². The highest BCUT2D eigenvalue weighted by Crippen LogP contribution is 2.15. The predicted octanol–water partition coefficient (Wildman–Crippen LogP) is -1.36. The summed E-state index contributed by atoms with van der Waals surface area (Å²) in [5.41, 5.74) is 0. The van der Waals surface area contributed by atoms with Gasteiger partial charge in [-0.25, -0.2) is 0 Å². The molecule has 4 atom stereocenters. The van der Waals surface area contributed by atoms with Crippen LogP contribution in [-0.4, -0.2) is 122 Å². The summed E-state index contributed by atoms with van der Waals surface area (Å²) in [6.45, 7) is 0.250. The fraction of sp³-hybridized carbons (Fsp3) is 1.00. The normalized spacial score (nSPS) is 18.5. The Morgan fingerprint density at radius 1 is 0.696 bits per heavy atom. The van der Waals surface area contributed by atoms with Gasteiger partial charge in [-0.15, -0.1) is 0 Å². The van der Waals surface area contributed by atoms with Crippen molar-refractivity contribution in [1.29, 1.82) is 0 Å². The van der Waals surface area contributed by atoms with Crippen LogP contribution in [-0.2, 0) is 4.74 Å². The highest BCUT2D eigenvalue weighted by molar-refractivity contribution is 4.71. The third-order valence-electron chi connectivity index (χ3n) is 4.31. The van der Waals surface area contributed by atoms with Gasteiger partial charge >= 0.3 is 0 Å². The molecule has 0 aliphatic rings. The molecule has 7 nitrogen and oxygen atoms in total. The van der Waals surface area contributed by atoms with Gasteiger partial charge in [-0.1, -0.05) is 0 Å². The smallest absolute Gasteiger partial charge is 0.129 e. The molecule has 0 spiro atoms. The van der Waals surface area contributed by atoms with Crippen LogP contribution in [0.1, 0.15) is 12.8 Å². The number of hydrogen-bond donors (Lipinski definition) is 4. The van der Waals surface area contributed by atoms with Gasteiger partial charge in [-0.3, -0.25) is 0 Å². The van der Waals surface area contributed by atoms with Crippen molar-refractivity contribution in [2.45, 2.75) is 37.1 Å². The Kier molecular flexibility index (Phi) is 9.76. The van der Waals surface area contributed by atoms with Gasteiger partial charge in [0.25, 0.3) is 0 Å². The van der Waals surface area contributed by atoms with Crippen molar-refractivity contribution in [2.24, 2.45) is 0 Å². The van der Waals surface area contributed by atoms with Gasteiger partial charge in [0.05, 0.1) is 55.5 Å². The van der Waals surface area contributed by atoms with E-state index in [0.29, 0.717) is 21.8 Å². The minimum atomic E-state index is -0.713. The van der Waals surface area contributed by atoms with E-state index in [4.69, 9.17) is 14.9 Å². The average Bonchev–Trinajstić information content (AvgIpc) is 2.39. The Hall–Kier alpha value is -0.280. The Morgan fingerprint density at radius 2 is 1.00 bits per heavy atom. The molecular formula is C16H38N2O5+2. The molecule has 0 heterocycles. The first-order chi connectivity index (χ1) is 10.4. The molecule has 0 aliphatic heterocycles. The summed E-state index contributed by atoms with van der Waals surface area (Å²) < 4.78 is 6.57. The number of hydrogen-bond acceptors (Lipinski definition) is 5. The predicted molar refractivity (Wildman–Crippen MR) is 89.9 cm³/mol. The van der Waals surface area contributed by atoms with Gasteiger partial charge in [0.1, 0.15) is 24.3 Å². The lowest BCUT2D eigenvalue weighted by atomic mass is 10.0. The van der Waals surface area contributed by atoms with Crippen molar-refractivity contribution in [3.8, 4) is 0 Å². The first-order valence-electron chi connectivity index (χ1n) is 8.23. The second-order valence-corrected chi connectivity index (χ2v) is 8.06. The Morgan fingerprint density at radius 3 is 1.22 bits per heavy atom. The van der Waals surface area contributed by atoms with Crippen LogP contribution in [0.2, 0.25) is 0 Å². The number of aliphatic hydroxyl groups is 4. The third kappa shape index (κ3) is 8.39. The van der Waals surface area contributed by atoms with E-state index in [9.17, 15) is 10.2 Å². The first kappa shape index (κ1) is 22.7. The molecule has 0 aromatic carbocycles.